The number of ether oxygens (including phenoxy) is 1. The lowest BCUT2D eigenvalue weighted by atomic mass is 10.2. The van der Waals surface area contributed by atoms with Crippen LogP contribution in [-0.2, 0) is 4.74 Å². The number of hydrogen-bond donors (Lipinski definition) is 1. The molecule has 1 fully saturated rings. The Hall–Kier alpha value is -2.32. The quantitative estimate of drug-likeness (QED) is 0.818. The molecule has 1 aliphatic heterocycles. The van der Waals surface area contributed by atoms with Crippen molar-refractivity contribution in [1.82, 2.24) is 30.0 Å². The average Bonchev–Trinajstić information content (AvgIpc) is 3.10. The standard InChI is InChI=1S/C14H18N6O2/c21-14(15-3-4-19-5-7-22-8-6-19)12-1-2-13(16-9-12)20-10-17-18-11-20/h1-2,9-11H,3-8H2,(H,15,21). The minimum absolute atomic E-state index is 0.115. The smallest absolute Gasteiger partial charge is 0.252 e. The molecule has 0 saturated carbocycles. The van der Waals surface area contributed by atoms with Gasteiger partial charge < -0.3 is 10.1 Å². The maximum atomic E-state index is 12.1. The van der Waals surface area contributed by atoms with Gasteiger partial charge in [0.1, 0.15) is 18.5 Å². The fraction of sp³-hybridized carbons (Fsp3) is 0.429. The van der Waals surface area contributed by atoms with E-state index in [4.69, 9.17) is 4.74 Å². The lowest BCUT2D eigenvalue weighted by molar-refractivity contribution is 0.0383. The Kier molecular flexibility index (Phi) is 4.71. The first-order chi connectivity index (χ1) is 10.8. The van der Waals surface area contributed by atoms with E-state index in [0.717, 1.165) is 32.8 Å². The molecule has 0 atom stereocenters. The van der Waals surface area contributed by atoms with Crippen LogP contribution in [0.5, 0.6) is 0 Å². The Morgan fingerprint density at radius 3 is 2.68 bits per heavy atom. The summed E-state index contributed by atoms with van der Waals surface area (Å²) in [6.45, 7) is 4.83. The van der Waals surface area contributed by atoms with Crippen LogP contribution in [-0.4, -0.2) is 69.9 Å². The number of hydrogen-bond acceptors (Lipinski definition) is 6. The van der Waals surface area contributed by atoms with E-state index in [1.165, 1.54) is 0 Å². The highest BCUT2D eigenvalue weighted by Crippen LogP contribution is 2.04. The molecule has 3 heterocycles. The zero-order valence-corrected chi connectivity index (χ0v) is 12.2. The van der Waals surface area contributed by atoms with Gasteiger partial charge in [0.05, 0.1) is 18.8 Å². The number of morpholine rings is 1. The Bertz CT molecular complexity index is 592. The monoisotopic (exact) mass is 302 g/mol. The number of pyridine rings is 1. The Morgan fingerprint density at radius 2 is 2.00 bits per heavy atom. The Balaban J connectivity index is 1.49. The zero-order valence-electron chi connectivity index (χ0n) is 12.2. The first kappa shape index (κ1) is 14.6. The molecule has 0 aliphatic carbocycles. The van der Waals surface area contributed by atoms with Crippen LogP contribution in [0.25, 0.3) is 5.82 Å². The van der Waals surface area contributed by atoms with Crippen molar-refractivity contribution in [3.63, 3.8) is 0 Å². The number of carbonyl (C=O) groups is 1. The number of nitrogens with one attached hydrogen (secondary N) is 1. The maximum Gasteiger partial charge on any atom is 0.252 e. The van der Waals surface area contributed by atoms with Gasteiger partial charge in [-0.15, -0.1) is 10.2 Å². The predicted octanol–water partition coefficient (Wildman–Crippen LogP) is -0.276. The van der Waals surface area contributed by atoms with E-state index in [-0.39, 0.29) is 5.91 Å². The van der Waals surface area contributed by atoms with Crippen molar-refractivity contribution < 1.29 is 9.53 Å². The molecule has 1 aliphatic rings. The summed E-state index contributed by atoms with van der Waals surface area (Å²) in [5, 5.41) is 10.3. The number of amides is 1. The van der Waals surface area contributed by atoms with Gasteiger partial charge in [0.2, 0.25) is 0 Å². The summed E-state index contributed by atoms with van der Waals surface area (Å²) in [7, 11) is 0. The van der Waals surface area contributed by atoms with Crippen molar-refractivity contribution in [2.45, 2.75) is 0 Å². The molecule has 1 saturated heterocycles. The zero-order chi connectivity index (χ0) is 15.2. The van der Waals surface area contributed by atoms with Crippen LogP contribution in [0.1, 0.15) is 10.4 Å². The largest absolute Gasteiger partial charge is 0.379 e. The topological polar surface area (TPSA) is 85.2 Å². The van der Waals surface area contributed by atoms with Crippen molar-refractivity contribution in [2.75, 3.05) is 39.4 Å². The number of aromatic nitrogens is 4. The van der Waals surface area contributed by atoms with Gasteiger partial charge in [0, 0.05) is 32.4 Å². The molecule has 2 aromatic rings. The van der Waals surface area contributed by atoms with E-state index < -0.39 is 0 Å². The molecule has 116 valence electrons. The third kappa shape index (κ3) is 3.66. The first-order valence-electron chi connectivity index (χ1n) is 7.22. The molecular formula is C14H18N6O2. The molecule has 22 heavy (non-hydrogen) atoms. The van der Waals surface area contributed by atoms with Gasteiger partial charge in [-0.3, -0.25) is 14.3 Å². The summed E-state index contributed by atoms with van der Waals surface area (Å²) in [6.07, 6.45) is 4.67. The van der Waals surface area contributed by atoms with E-state index in [1.807, 2.05) is 0 Å². The van der Waals surface area contributed by atoms with Crippen molar-refractivity contribution >= 4 is 5.91 Å². The van der Waals surface area contributed by atoms with Crippen LogP contribution in [0, 0.1) is 0 Å². The lowest BCUT2D eigenvalue weighted by Gasteiger charge is -2.26. The van der Waals surface area contributed by atoms with Crippen LogP contribution in [0.3, 0.4) is 0 Å². The number of rotatable bonds is 5. The molecule has 2 aromatic heterocycles. The highest BCUT2D eigenvalue weighted by atomic mass is 16.5. The Labute approximate surface area is 128 Å². The van der Waals surface area contributed by atoms with Gasteiger partial charge in [0.25, 0.3) is 5.91 Å². The van der Waals surface area contributed by atoms with E-state index in [1.54, 1.807) is 35.6 Å². The van der Waals surface area contributed by atoms with Crippen LogP contribution in [0.15, 0.2) is 31.0 Å². The van der Waals surface area contributed by atoms with Crippen molar-refractivity contribution in [2.24, 2.45) is 0 Å². The molecule has 3 rings (SSSR count). The van der Waals surface area contributed by atoms with E-state index in [2.05, 4.69) is 25.4 Å². The molecule has 0 spiro atoms. The summed E-state index contributed by atoms with van der Waals surface area (Å²) < 4.78 is 6.97. The third-order valence-electron chi connectivity index (χ3n) is 3.51. The normalized spacial score (nSPS) is 15.6. The second kappa shape index (κ2) is 7.10. The van der Waals surface area contributed by atoms with Crippen molar-refractivity contribution in [3.05, 3.63) is 36.5 Å². The molecule has 0 radical (unpaired) electrons. The molecule has 1 N–H and O–H groups in total. The summed E-state index contributed by atoms with van der Waals surface area (Å²) in [5.41, 5.74) is 0.541. The van der Waals surface area contributed by atoms with Gasteiger partial charge >= 0.3 is 0 Å². The van der Waals surface area contributed by atoms with Gasteiger partial charge in [0.15, 0.2) is 0 Å². The van der Waals surface area contributed by atoms with E-state index in [0.29, 0.717) is 17.9 Å². The minimum Gasteiger partial charge on any atom is -0.379 e. The number of nitrogens with zero attached hydrogens (tertiary/aromatic N) is 5. The lowest BCUT2D eigenvalue weighted by Crippen LogP contribution is -2.41. The van der Waals surface area contributed by atoms with Gasteiger partial charge in [-0.05, 0) is 12.1 Å². The predicted molar refractivity (Wildman–Crippen MR) is 78.7 cm³/mol. The minimum atomic E-state index is -0.115. The first-order valence-corrected chi connectivity index (χ1v) is 7.22. The van der Waals surface area contributed by atoms with E-state index >= 15 is 0 Å². The molecule has 0 bridgehead atoms. The van der Waals surface area contributed by atoms with Crippen molar-refractivity contribution in [3.8, 4) is 5.82 Å². The maximum absolute atomic E-state index is 12.1. The van der Waals surface area contributed by atoms with E-state index in [9.17, 15) is 4.79 Å². The average molecular weight is 302 g/mol. The van der Waals surface area contributed by atoms with Crippen LogP contribution in [0.4, 0.5) is 0 Å². The van der Waals surface area contributed by atoms with Crippen molar-refractivity contribution in [1.29, 1.82) is 0 Å². The second-order valence-corrected chi connectivity index (χ2v) is 4.98. The molecule has 0 unspecified atom stereocenters. The van der Waals surface area contributed by atoms with Crippen LogP contribution >= 0.6 is 0 Å². The summed E-state index contributed by atoms with van der Waals surface area (Å²) in [4.78, 5) is 18.6. The molecule has 8 heteroatoms. The third-order valence-corrected chi connectivity index (χ3v) is 3.51. The fourth-order valence-corrected chi connectivity index (χ4v) is 2.25. The fourth-order valence-electron chi connectivity index (χ4n) is 2.25. The summed E-state index contributed by atoms with van der Waals surface area (Å²) in [5.74, 6) is 0.561. The second-order valence-electron chi connectivity index (χ2n) is 4.98. The summed E-state index contributed by atoms with van der Waals surface area (Å²) in [6, 6.07) is 3.51. The molecular weight excluding hydrogens is 284 g/mol. The highest BCUT2D eigenvalue weighted by Gasteiger charge is 2.11. The summed E-state index contributed by atoms with van der Waals surface area (Å²) >= 11 is 0. The van der Waals surface area contributed by atoms with Crippen LogP contribution < -0.4 is 5.32 Å². The van der Waals surface area contributed by atoms with Gasteiger partial charge in [-0.25, -0.2) is 4.98 Å². The van der Waals surface area contributed by atoms with Crippen LogP contribution in [0.2, 0.25) is 0 Å². The molecule has 0 aromatic carbocycles. The highest BCUT2D eigenvalue weighted by molar-refractivity contribution is 5.93. The SMILES string of the molecule is O=C(NCCN1CCOCC1)c1ccc(-n2cnnc2)nc1. The molecule has 8 nitrogen and oxygen atoms in total. The molecule has 1 amide bonds. The van der Waals surface area contributed by atoms with Gasteiger partial charge in [-0.1, -0.05) is 0 Å². The Morgan fingerprint density at radius 1 is 1.23 bits per heavy atom. The van der Waals surface area contributed by atoms with Gasteiger partial charge in [-0.2, -0.15) is 0 Å². The number of carbonyl (C=O) groups excluding carboxylic acids is 1.